The van der Waals surface area contributed by atoms with Crippen LogP contribution >= 0.6 is 0 Å². The van der Waals surface area contributed by atoms with E-state index in [-0.39, 0.29) is 0 Å². The number of hydrogen-bond donors (Lipinski definition) is 0. The number of fused-ring (bicyclic) bond motifs is 3. The second-order valence-electron chi connectivity index (χ2n) is 14.0. The average molecular weight is 702 g/mol. The Balaban J connectivity index is 1.15. The maximum absolute atomic E-state index is 5.25. The summed E-state index contributed by atoms with van der Waals surface area (Å²) in [6.45, 7) is 0. The molecule has 55 heavy (non-hydrogen) atoms. The van der Waals surface area contributed by atoms with Gasteiger partial charge in [0.25, 0.3) is 0 Å². The first-order valence-corrected chi connectivity index (χ1v) is 18.7. The Bertz CT molecular complexity index is 2760. The quantitative estimate of drug-likeness (QED) is 0.166. The van der Waals surface area contributed by atoms with E-state index < -0.39 is 5.41 Å². The summed E-state index contributed by atoms with van der Waals surface area (Å²) in [4.78, 5) is 14.8. The maximum atomic E-state index is 5.25. The van der Waals surface area contributed by atoms with Crippen LogP contribution in [0.3, 0.4) is 0 Å². The lowest BCUT2D eigenvalue weighted by Crippen LogP contribution is -2.28. The first-order chi connectivity index (χ1) is 27.3. The van der Waals surface area contributed by atoms with Crippen molar-refractivity contribution in [3.8, 4) is 67.3 Å². The van der Waals surface area contributed by atoms with Crippen LogP contribution in [0.2, 0.25) is 0 Å². The standard InChI is InChI=1S/C52H35N3/c1-4-16-36(17-5-1)37-18-12-21-40(32-37)51-54-48(34-49(55-51)41-22-15-31-53-35-41)39-20-13-19-38(33-39)44-28-14-30-47-50(44)45-27-10-11-29-46(45)52(47,42-23-6-2-7-24-42)43-25-8-3-9-26-43/h1-35H. The number of aromatic nitrogens is 3. The second-order valence-corrected chi connectivity index (χ2v) is 14.0. The van der Waals surface area contributed by atoms with E-state index in [1.807, 2.05) is 18.3 Å². The molecule has 3 heteroatoms. The topological polar surface area (TPSA) is 38.7 Å². The highest BCUT2D eigenvalue weighted by molar-refractivity contribution is 5.96. The summed E-state index contributed by atoms with van der Waals surface area (Å²) in [6.07, 6.45) is 3.66. The predicted octanol–water partition coefficient (Wildman–Crippen LogP) is 12.6. The molecule has 9 aromatic rings. The molecule has 1 aliphatic carbocycles. The van der Waals surface area contributed by atoms with Crippen LogP contribution in [0.25, 0.3) is 67.3 Å². The van der Waals surface area contributed by atoms with E-state index in [4.69, 9.17) is 9.97 Å². The molecule has 10 rings (SSSR count). The van der Waals surface area contributed by atoms with Crippen molar-refractivity contribution in [2.24, 2.45) is 0 Å². The smallest absolute Gasteiger partial charge is 0.160 e. The van der Waals surface area contributed by atoms with Gasteiger partial charge < -0.3 is 0 Å². The van der Waals surface area contributed by atoms with Crippen molar-refractivity contribution in [3.05, 3.63) is 235 Å². The molecule has 0 unspecified atom stereocenters. The second kappa shape index (κ2) is 13.6. The van der Waals surface area contributed by atoms with Crippen LogP contribution in [-0.4, -0.2) is 15.0 Å². The first-order valence-electron chi connectivity index (χ1n) is 18.7. The number of benzene rings is 7. The lowest BCUT2D eigenvalue weighted by atomic mass is 9.67. The van der Waals surface area contributed by atoms with Gasteiger partial charge in [0.15, 0.2) is 5.82 Å². The number of rotatable bonds is 7. The van der Waals surface area contributed by atoms with Crippen molar-refractivity contribution >= 4 is 0 Å². The first kappa shape index (κ1) is 32.4. The predicted molar refractivity (Wildman–Crippen MR) is 224 cm³/mol. The largest absolute Gasteiger partial charge is 0.264 e. The van der Waals surface area contributed by atoms with Gasteiger partial charge in [-0.2, -0.15) is 0 Å². The number of hydrogen-bond acceptors (Lipinski definition) is 3. The van der Waals surface area contributed by atoms with Gasteiger partial charge in [-0.25, -0.2) is 9.97 Å². The summed E-state index contributed by atoms with van der Waals surface area (Å²) in [5.74, 6) is 0.671. The molecule has 0 fully saturated rings. The minimum Gasteiger partial charge on any atom is -0.264 e. The van der Waals surface area contributed by atoms with Gasteiger partial charge in [-0.3, -0.25) is 4.98 Å². The lowest BCUT2D eigenvalue weighted by molar-refractivity contribution is 0.768. The summed E-state index contributed by atoms with van der Waals surface area (Å²) >= 11 is 0. The van der Waals surface area contributed by atoms with Gasteiger partial charge in [-0.05, 0) is 86.0 Å². The molecule has 0 radical (unpaired) electrons. The number of pyridine rings is 1. The van der Waals surface area contributed by atoms with E-state index in [1.165, 1.54) is 38.9 Å². The summed E-state index contributed by atoms with van der Waals surface area (Å²) in [7, 11) is 0. The van der Waals surface area contributed by atoms with Gasteiger partial charge in [0.05, 0.1) is 16.8 Å². The fraction of sp³-hybridized carbons (Fsp3) is 0.0192. The monoisotopic (exact) mass is 701 g/mol. The molecule has 2 aromatic heterocycles. The van der Waals surface area contributed by atoms with Gasteiger partial charge >= 0.3 is 0 Å². The summed E-state index contributed by atoms with van der Waals surface area (Å²) in [5, 5.41) is 0. The van der Waals surface area contributed by atoms with E-state index in [0.29, 0.717) is 5.82 Å². The molecule has 258 valence electrons. The van der Waals surface area contributed by atoms with E-state index in [1.54, 1.807) is 6.20 Å². The molecule has 7 aromatic carbocycles. The van der Waals surface area contributed by atoms with Crippen LogP contribution in [0.4, 0.5) is 0 Å². The van der Waals surface area contributed by atoms with Gasteiger partial charge in [0.2, 0.25) is 0 Å². The minimum absolute atomic E-state index is 0.462. The molecule has 0 amide bonds. The fourth-order valence-corrected chi connectivity index (χ4v) is 8.43. The molecule has 0 bridgehead atoms. The van der Waals surface area contributed by atoms with Crippen molar-refractivity contribution in [2.75, 3.05) is 0 Å². The molecule has 0 saturated heterocycles. The third-order valence-corrected chi connectivity index (χ3v) is 10.9. The highest BCUT2D eigenvalue weighted by atomic mass is 14.9. The molecule has 0 aliphatic heterocycles. The normalized spacial score (nSPS) is 12.5. The molecule has 0 N–H and O–H groups in total. The molecular formula is C52H35N3. The van der Waals surface area contributed by atoms with E-state index in [0.717, 1.165) is 44.8 Å². The molecular weight excluding hydrogens is 667 g/mol. The Morgan fingerprint density at radius 1 is 0.345 bits per heavy atom. The average Bonchev–Trinajstić information content (AvgIpc) is 3.59. The number of nitrogens with zero attached hydrogens (tertiary/aromatic N) is 3. The highest BCUT2D eigenvalue weighted by Gasteiger charge is 2.46. The molecule has 0 saturated carbocycles. The van der Waals surface area contributed by atoms with E-state index >= 15 is 0 Å². The van der Waals surface area contributed by atoms with Crippen LogP contribution in [0, 0.1) is 0 Å². The van der Waals surface area contributed by atoms with Crippen molar-refractivity contribution in [1.82, 2.24) is 15.0 Å². The van der Waals surface area contributed by atoms with Gasteiger partial charge in [-0.15, -0.1) is 0 Å². The van der Waals surface area contributed by atoms with Crippen LogP contribution in [0.5, 0.6) is 0 Å². The fourth-order valence-electron chi connectivity index (χ4n) is 8.43. The van der Waals surface area contributed by atoms with Crippen molar-refractivity contribution < 1.29 is 0 Å². The summed E-state index contributed by atoms with van der Waals surface area (Å²) in [6, 6.07) is 71.5. The molecule has 0 spiro atoms. The summed E-state index contributed by atoms with van der Waals surface area (Å²) < 4.78 is 0. The highest BCUT2D eigenvalue weighted by Crippen LogP contribution is 2.58. The third kappa shape index (κ3) is 5.57. The van der Waals surface area contributed by atoms with Crippen LogP contribution in [0.1, 0.15) is 22.3 Å². The van der Waals surface area contributed by atoms with Gasteiger partial charge in [-0.1, -0.05) is 170 Å². The Morgan fingerprint density at radius 2 is 0.873 bits per heavy atom. The van der Waals surface area contributed by atoms with Crippen LogP contribution < -0.4 is 0 Å². The van der Waals surface area contributed by atoms with E-state index in [9.17, 15) is 0 Å². The Kier molecular flexibility index (Phi) is 8.04. The minimum atomic E-state index is -0.462. The van der Waals surface area contributed by atoms with Crippen molar-refractivity contribution in [2.45, 2.75) is 5.41 Å². The van der Waals surface area contributed by atoms with Crippen molar-refractivity contribution in [3.63, 3.8) is 0 Å². The Labute approximate surface area is 321 Å². The maximum Gasteiger partial charge on any atom is 0.160 e. The van der Waals surface area contributed by atoms with Crippen LogP contribution in [-0.2, 0) is 5.41 Å². The Hall–Kier alpha value is -7.23. The van der Waals surface area contributed by atoms with Crippen molar-refractivity contribution in [1.29, 1.82) is 0 Å². The zero-order chi connectivity index (χ0) is 36.6. The Morgan fingerprint density at radius 3 is 1.60 bits per heavy atom. The molecule has 1 aliphatic rings. The third-order valence-electron chi connectivity index (χ3n) is 10.9. The SMILES string of the molecule is c1ccc(-c2cccc(-c3nc(-c4cccnc4)cc(-c4cccc(-c5cccc6c5-c5ccccc5C6(c5ccccc5)c5ccccc5)c4)n3)c2)cc1. The lowest BCUT2D eigenvalue weighted by Gasteiger charge is -2.34. The van der Waals surface area contributed by atoms with Gasteiger partial charge in [0.1, 0.15) is 0 Å². The van der Waals surface area contributed by atoms with Crippen LogP contribution in [0.15, 0.2) is 213 Å². The molecule has 0 atom stereocenters. The zero-order valence-electron chi connectivity index (χ0n) is 30.0. The van der Waals surface area contributed by atoms with E-state index in [2.05, 4.69) is 193 Å². The summed E-state index contributed by atoms with van der Waals surface area (Å²) in [5.41, 5.74) is 16.4. The molecule has 3 nitrogen and oxygen atoms in total. The van der Waals surface area contributed by atoms with Gasteiger partial charge in [0, 0.05) is 29.1 Å². The molecule has 2 heterocycles. The zero-order valence-corrected chi connectivity index (χ0v) is 30.0.